The van der Waals surface area contributed by atoms with Crippen LogP contribution in [-0.2, 0) is 9.59 Å². The van der Waals surface area contributed by atoms with Gasteiger partial charge in [-0.25, -0.2) is 0 Å². The van der Waals surface area contributed by atoms with Crippen LogP contribution in [0.4, 0.5) is 0 Å². The molecule has 2 fully saturated rings. The minimum Gasteiger partial charge on any atom is -0.393 e. The lowest BCUT2D eigenvalue weighted by atomic mass is 9.47. The summed E-state index contributed by atoms with van der Waals surface area (Å²) in [4.78, 5) is 24.3. The first-order chi connectivity index (χ1) is 12.6. The third-order valence-corrected chi connectivity index (χ3v) is 8.58. The summed E-state index contributed by atoms with van der Waals surface area (Å²) in [5, 5.41) is 32.3. The van der Waals surface area contributed by atoms with Gasteiger partial charge < -0.3 is 15.3 Å². The molecule has 0 unspecified atom stereocenters. The molecule has 2 saturated carbocycles. The van der Waals surface area contributed by atoms with Crippen molar-refractivity contribution in [3.8, 4) is 0 Å². The van der Waals surface area contributed by atoms with Crippen molar-refractivity contribution >= 4 is 23.2 Å². The number of allylic oxidation sites excluding steroid dienone is 4. The van der Waals surface area contributed by atoms with Crippen LogP contribution in [0.1, 0.15) is 46.0 Å². The van der Waals surface area contributed by atoms with Crippen LogP contribution < -0.4 is 0 Å². The van der Waals surface area contributed by atoms with Gasteiger partial charge in [-0.05, 0) is 49.2 Å². The van der Waals surface area contributed by atoms with Gasteiger partial charge in [-0.1, -0.05) is 31.5 Å². The number of halogens is 1. The summed E-state index contributed by atoms with van der Waals surface area (Å²) in [7, 11) is 0. The van der Waals surface area contributed by atoms with Crippen molar-refractivity contribution < 1.29 is 24.9 Å². The molecule has 4 aliphatic carbocycles. The summed E-state index contributed by atoms with van der Waals surface area (Å²) in [5.74, 6) is -0.715. The average molecular weight is 395 g/mol. The zero-order chi connectivity index (χ0) is 19.8. The number of hydrogen-bond donors (Lipinski definition) is 3. The summed E-state index contributed by atoms with van der Waals surface area (Å²) in [6.45, 7) is 3.23. The van der Waals surface area contributed by atoms with Gasteiger partial charge in [0.1, 0.15) is 12.2 Å². The fourth-order valence-corrected chi connectivity index (χ4v) is 7.22. The predicted molar refractivity (Wildman–Crippen MR) is 99.8 cm³/mol. The van der Waals surface area contributed by atoms with Crippen molar-refractivity contribution in [3.05, 3.63) is 22.8 Å². The fraction of sp³-hybridized carbons (Fsp3) is 0.714. The Morgan fingerprint density at radius 1 is 1.33 bits per heavy atom. The highest BCUT2D eigenvalue weighted by Gasteiger charge is 2.68. The summed E-state index contributed by atoms with van der Waals surface area (Å²) in [6.07, 6.45) is 5.13. The second kappa shape index (κ2) is 5.99. The summed E-state index contributed by atoms with van der Waals surface area (Å²) in [6, 6.07) is 0. The van der Waals surface area contributed by atoms with Crippen LogP contribution in [0.2, 0.25) is 0 Å². The topological polar surface area (TPSA) is 94.8 Å². The third kappa shape index (κ3) is 2.35. The largest absolute Gasteiger partial charge is 0.393 e. The van der Waals surface area contributed by atoms with E-state index in [1.807, 2.05) is 13.0 Å². The molecule has 27 heavy (non-hydrogen) atoms. The highest BCUT2D eigenvalue weighted by molar-refractivity contribution is 6.32. The first-order valence-electron chi connectivity index (χ1n) is 9.76. The van der Waals surface area contributed by atoms with E-state index in [9.17, 15) is 24.9 Å². The zero-order valence-electron chi connectivity index (χ0n) is 15.7. The Morgan fingerprint density at radius 2 is 2.04 bits per heavy atom. The molecule has 5 nitrogen and oxygen atoms in total. The molecule has 0 saturated heterocycles. The highest BCUT2D eigenvalue weighted by Crippen LogP contribution is 2.67. The van der Waals surface area contributed by atoms with Crippen LogP contribution in [0.25, 0.3) is 0 Å². The van der Waals surface area contributed by atoms with E-state index in [-0.39, 0.29) is 30.0 Å². The maximum atomic E-state index is 12.4. The minimum atomic E-state index is -1.63. The summed E-state index contributed by atoms with van der Waals surface area (Å²) < 4.78 is 0. The van der Waals surface area contributed by atoms with E-state index in [1.54, 1.807) is 6.08 Å². The molecule has 4 aliphatic rings. The van der Waals surface area contributed by atoms with Gasteiger partial charge in [0.05, 0.1) is 6.10 Å². The lowest BCUT2D eigenvalue weighted by molar-refractivity contribution is -0.174. The van der Waals surface area contributed by atoms with Gasteiger partial charge in [0.15, 0.2) is 11.6 Å². The fourth-order valence-electron chi connectivity index (χ4n) is 6.80. The monoisotopic (exact) mass is 394 g/mol. The van der Waals surface area contributed by atoms with Crippen LogP contribution in [0.5, 0.6) is 0 Å². The molecule has 148 valence electrons. The number of aliphatic hydroxyl groups is 3. The second-order valence-corrected chi connectivity index (χ2v) is 9.74. The smallest absolute Gasteiger partial charge is 0.190 e. The van der Waals surface area contributed by atoms with Crippen molar-refractivity contribution in [2.75, 3.05) is 6.61 Å². The van der Waals surface area contributed by atoms with Crippen LogP contribution in [0.3, 0.4) is 0 Å². The quantitative estimate of drug-likeness (QED) is 0.666. The Hall–Kier alpha value is -1.01. The molecule has 0 heterocycles. The van der Waals surface area contributed by atoms with E-state index in [1.165, 1.54) is 0 Å². The molecular formula is C21H27ClO5. The lowest BCUT2D eigenvalue weighted by Gasteiger charge is -2.59. The number of rotatable bonds is 2. The molecular weight excluding hydrogens is 368 g/mol. The zero-order valence-corrected chi connectivity index (χ0v) is 16.5. The van der Waals surface area contributed by atoms with Crippen LogP contribution in [0.15, 0.2) is 22.8 Å². The van der Waals surface area contributed by atoms with E-state index >= 15 is 0 Å². The van der Waals surface area contributed by atoms with Gasteiger partial charge >= 0.3 is 0 Å². The third-order valence-electron chi connectivity index (χ3n) is 8.26. The lowest BCUT2D eigenvalue weighted by Crippen LogP contribution is -2.61. The summed E-state index contributed by atoms with van der Waals surface area (Å²) >= 11 is 6.60. The normalized spacial score (nSPS) is 48.9. The van der Waals surface area contributed by atoms with Crippen molar-refractivity contribution in [1.82, 2.24) is 0 Å². The number of hydrogen-bond acceptors (Lipinski definition) is 5. The molecule has 0 aromatic heterocycles. The first kappa shape index (κ1) is 19.3. The minimum absolute atomic E-state index is 0.0175. The Labute approximate surface area is 164 Å². The number of carbonyl (C=O) groups excluding carboxylic acids is 2. The second-order valence-electron chi connectivity index (χ2n) is 9.34. The average Bonchev–Trinajstić information content (AvgIpc) is 2.87. The molecule has 4 rings (SSSR count). The van der Waals surface area contributed by atoms with E-state index in [4.69, 9.17) is 11.6 Å². The summed E-state index contributed by atoms with van der Waals surface area (Å²) in [5.41, 5.74) is -2.03. The molecule has 0 aromatic carbocycles. The first-order valence-corrected chi connectivity index (χ1v) is 10.1. The molecule has 7 atom stereocenters. The van der Waals surface area contributed by atoms with Crippen molar-refractivity contribution in [1.29, 1.82) is 0 Å². The van der Waals surface area contributed by atoms with Crippen LogP contribution in [0, 0.1) is 28.6 Å². The van der Waals surface area contributed by atoms with E-state index < -0.39 is 34.9 Å². The van der Waals surface area contributed by atoms with Crippen molar-refractivity contribution in [3.63, 3.8) is 0 Å². The van der Waals surface area contributed by atoms with E-state index in [0.29, 0.717) is 30.7 Å². The molecule has 0 spiro atoms. The molecule has 6 heteroatoms. The van der Waals surface area contributed by atoms with Gasteiger partial charge in [-0.3, -0.25) is 9.59 Å². The predicted octanol–water partition coefficient (Wildman–Crippen LogP) is 2.12. The van der Waals surface area contributed by atoms with Crippen LogP contribution in [-0.4, -0.2) is 45.2 Å². The Morgan fingerprint density at radius 3 is 2.70 bits per heavy atom. The number of carbonyl (C=O) groups is 2. The van der Waals surface area contributed by atoms with Crippen LogP contribution >= 0.6 is 11.6 Å². The molecule has 3 N–H and O–H groups in total. The number of Topliss-reactive ketones (excluding diaryl/α,β-unsaturated/α-hetero) is 1. The molecule has 0 radical (unpaired) electrons. The van der Waals surface area contributed by atoms with Gasteiger partial charge in [-0.15, -0.1) is 0 Å². The van der Waals surface area contributed by atoms with Crippen molar-refractivity contribution in [2.45, 2.75) is 57.7 Å². The van der Waals surface area contributed by atoms with Gasteiger partial charge in [-0.2, -0.15) is 0 Å². The Kier molecular flexibility index (Phi) is 4.29. The number of fused-ring (bicyclic) bond motifs is 5. The van der Waals surface area contributed by atoms with Gasteiger partial charge in [0.25, 0.3) is 0 Å². The molecule has 0 bridgehead atoms. The van der Waals surface area contributed by atoms with E-state index in [0.717, 1.165) is 5.57 Å². The maximum absolute atomic E-state index is 12.4. The van der Waals surface area contributed by atoms with Gasteiger partial charge in [0.2, 0.25) is 0 Å². The number of ketones is 2. The standard InChI is InChI=1S/C21H27ClO5/c1-19-5-3-11(24)7-14(19)15(22)8-12-13-4-6-21(27,17(26)10-23)20(13,2)9-16(25)18(12)19/h7-8,12-13,16,18,23,25,27H,3-6,9-10H2,1-2H3/t12-,13-,16-,18+,19-,20-,21-/m0/s1. The SMILES string of the molecule is C[C@]12CCC(=O)C=C1C(Cl)=C[C@@H]1[C@@H]2[C@@H](O)C[C@@]2(C)[C@H]1CC[C@]2(O)C(=O)CO. The number of aliphatic hydroxyl groups excluding tert-OH is 2. The van der Waals surface area contributed by atoms with E-state index in [2.05, 4.69) is 6.92 Å². The molecule has 0 aliphatic heterocycles. The molecule has 0 amide bonds. The Bertz CT molecular complexity index is 773. The highest BCUT2D eigenvalue weighted by atomic mass is 35.5. The Balaban J connectivity index is 1.83. The molecule has 0 aromatic rings. The van der Waals surface area contributed by atoms with Crippen molar-refractivity contribution in [2.24, 2.45) is 28.6 Å². The van der Waals surface area contributed by atoms with Gasteiger partial charge in [0, 0.05) is 28.2 Å². The maximum Gasteiger partial charge on any atom is 0.190 e.